The molecule has 0 amide bonds. The fraction of sp³-hybridized carbons (Fsp3) is 0.655. The monoisotopic (exact) mass is 567 g/mol. The van der Waals surface area contributed by atoms with Crippen molar-refractivity contribution in [2.24, 2.45) is 17.1 Å². The van der Waals surface area contributed by atoms with E-state index in [-0.39, 0.29) is 18.1 Å². The fourth-order valence-electron chi connectivity index (χ4n) is 3.28. The first-order valence-corrected chi connectivity index (χ1v) is 13.3. The Kier molecular flexibility index (Phi) is 12.0. The minimum atomic E-state index is -1.40. The molecule has 0 saturated carbocycles. The Morgan fingerprint density at radius 2 is 1.32 bits per heavy atom. The number of esters is 1. The van der Waals surface area contributed by atoms with E-state index in [1.807, 2.05) is 13.8 Å². The van der Waals surface area contributed by atoms with Crippen LogP contribution in [0.5, 0.6) is 11.5 Å². The molecule has 1 aromatic carbocycles. The van der Waals surface area contributed by atoms with Crippen molar-refractivity contribution in [3.05, 3.63) is 23.8 Å². The number of aliphatic carboxylic acids is 1. The molecule has 0 aromatic heterocycles. The molecule has 0 aliphatic rings. The highest BCUT2D eigenvalue weighted by Gasteiger charge is 2.34. The SMILES string of the molecule is CCC(C)(C)OC(=O)Oc1ccc(C(C(C)COC(=O)C(C)(C)C)[C@H](N)C(=O)O)cc1OC(=O)OC(C)(C)CC. The van der Waals surface area contributed by atoms with E-state index in [2.05, 4.69) is 0 Å². The van der Waals surface area contributed by atoms with Crippen molar-refractivity contribution in [3.8, 4) is 11.5 Å². The molecule has 226 valence electrons. The van der Waals surface area contributed by atoms with Crippen molar-refractivity contribution < 1.29 is 48.0 Å². The van der Waals surface area contributed by atoms with Crippen LogP contribution in [0.2, 0.25) is 0 Å². The zero-order valence-corrected chi connectivity index (χ0v) is 25.3. The summed E-state index contributed by atoms with van der Waals surface area (Å²) in [6.07, 6.45) is -1.05. The first kappa shape index (κ1) is 34.7. The van der Waals surface area contributed by atoms with Gasteiger partial charge in [0.25, 0.3) is 0 Å². The quantitative estimate of drug-likeness (QED) is 0.178. The predicted molar refractivity (Wildman–Crippen MR) is 147 cm³/mol. The van der Waals surface area contributed by atoms with Gasteiger partial charge in [-0.1, -0.05) is 26.8 Å². The van der Waals surface area contributed by atoms with E-state index in [1.165, 1.54) is 18.2 Å². The van der Waals surface area contributed by atoms with Gasteiger partial charge in [0.2, 0.25) is 0 Å². The topological polar surface area (TPSA) is 161 Å². The molecule has 2 unspecified atom stereocenters. The molecule has 0 bridgehead atoms. The lowest BCUT2D eigenvalue weighted by Gasteiger charge is -2.29. The molecule has 0 fully saturated rings. The highest BCUT2D eigenvalue weighted by atomic mass is 16.8. The van der Waals surface area contributed by atoms with Crippen LogP contribution >= 0.6 is 0 Å². The van der Waals surface area contributed by atoms with Gasteiger partial charge in [0.15, 0.2) is 11.5 Å². The van der Waals surface area contributed by atoms with Crippen LogP contribution in [0.4, 0.5) is 9.59 Å². The summed E-state index contributed by atoms with van der Waals surface area (Å²) in [5, 5.41) is 9.72. The number of nitrogens with two attached hydrogens (primary N) is 1. The lowest BCUT2D eigenvalue weighted by atomic mass is 9.82. The molecule has 3 atom stereocenters. The standard InChI is InChI=1S/C29H45NO10/c1-11-28(7,8)39-25(34)37-19-14-13-18(15-20(19)38-26(35)40-29(9,10)12-2)21(22(30)23(31)32)17(3)16-36-24(33)27(4,5)6/h13-15,17,21-22H,11-12,16,30H2,1-10H3,(H,31,32)/t17?,21?,22-/m0/s1. The van der Waals surface area contributed by atoms with Crippen molar-refractivity contribution in [3.63, 3.8) is 0 Å². The first-order chi connectivity index (χ1) is 18.2. The third-order valence-electron chi connectivity index (χ3n) is 6.54. The second kappa shape index (κ2) is 13.8. The second-order valence-electron chi connectivity index (χ2n) is 12.1. The Morgan fingerprint density at radius 1 is 0.850 bits per heavy atom. The maximum Gasteiger partial charge on any atom is 0.514 e. The average molecular weight is 568 g/mol. The number of carboxylic acids is 1. The summed E-state index contributed by atoms with van der Waals surface area (Å²) in [7, 11) is 0. The fourth-order valence-corrected chi connectivity index (χ4v) is 3.28. The minimum absolute atomic E-state index is 0.110. The smallest absolute Gasteiger partial charge is 0.480 e. The Morgan fingerprint density at radius 3 is 1.75 bits per heavy atom. The molecule has 1 rings (SSSR count). The zero-order valence-electron chi connectivity index (χ0n) is 25.3. The molecule has 0 aliphatic carbocycles. The molecule has 3 N–H and O–H groups in total. The van der Waals surface area contributed by atoms with Gasteiger partial charge >= 0.3 is 24.2 Å². The van der Waals surface area contributed by atoms with E-state index < -0.39 is 58.7 Å². The first-order valence-electron chi connectivity index (χ1n) is 13.3. The van der Waals surface area contributed by atoms with Crippen LogP contribution in [-0.2, 0) is 23.8 Å². The number of carboxylic acid groups (broad SMARTS) is 1. The average Bonchev–Trinajstić information content (AvgIpc) is 2.82. The number of ether oxygens (including phenoxy) is 5. The van der Waals surface area contributed by atoms with Gasteiger partial charge in [0.1, 0.15) is 17.2 Å². The summed E-state index contributed by atoms with van der Waals surface area (Å²) < 4.78 is 26.9. The number of hydrogen-bond acceptors (Lipinski definition) is 10. The van der Waals surface area contributed by atoms with E-state index >= 15 is 0 Å². The Hall–Kier alpha value is -3.34. The minimum Gasteiger partial charge on any atom is -0.480 e. The lowest BCUT2D eigenvalue weighted by molar-refractivity contribution is -0.154. The molecule has 11 heteroatoms. The summed E-state index contributed by atoms with van der Waals surface area (Å²) in [5.74, 6) is -3.53. The lowest BCUT2D eigenvalue weighted by Crippen LogP contribution is -2.41. The van der Waals surface area contributed by atoms with Gasteiger partial charge < -0.3 is 34.5 Å². The largest absolute Gasteiger partial charge is 0.514 e. The van der Waals surface area contributed by atoms with E-state index in [4.69, 9.17) is 29.4 Å². The maximum atomic E-state index is 12.6. The number of carbonyl (C=O) groups excluding carboxylic acids is 3. The van der Waals surface area contributed by atoms with E-state index in [1.54, 1.807) is 55.4 Å². The predicted octanol–water partition coefficient (Wildman–Crippen LogP) is 5.82. The third kappa shape index (κ3) is 10.7. The number of hydrogen-bond donors (Lipinski definition) is 2. The zero-order chi connectivity index (χ0) is 31.1. The van der Waals surface area contributed by atoms with Crippen LogP contribution in [0.25, 0.3) is 0 Å². The highest BCUT2D eigenvalue weighted by Crippen LogP contribution is 2.37. The van der Waals surface area contributed by atoms with Crippen LogP contribution in [0.3, 0.4) is 0 Å². The molecular formula is C29H45NO10. The molecule has 11 nitrogen and oxygen atoms in total. The molecule has 1 aromatic rings. The molecular weight excluding hydrogens is 522 g/mol. The summed E-state index contributed by atoms with van der Waals surface area (Å²) in [6, 6.07) is 2.79. The van der Waals surface area contributed by atoms with Gasteiger partial charge in [0.05, 0.1) is 12.0 Å². The Balaban J connectivity index is 3.48. The van der Waals surface area contributed by atoms with Gasteiger partial charge in [-0.15, -0.1) is 0 Å². The van der Waals surface area contributed by atoms with Gasteiger partial charge in [0, 0.05) is 5.92 Å². The van der Waals surface area contributed by atoms with Gasteiger partial charge in [-0.05, 0) is 84.9 Å². The molecule has 40 heavy (non-hydrogen) atoms. The maximum absolute atomic E-state index is 12.6. The van der Waals surface area contributed by atoms with Crippen molar-refractivity contribution in [1.82, 2.24) is 0 Å². The van der Waals surface area contributed by atoms with Crippen LogP contribution in [0.1, 0.15) is 93.6 Å². The van der Waals surface area contributed by atoms with Crippen LogP contribution in [0, 0.1) is 11.3 Å². The molecule has 0 spiro atoms. The number of rotatable bonds is 12. The van der Waals surface area contributed by atoms with Crippen LogP contribution in [-0.4, -0.2) is 53.2 Å². The third-order valence-corrected chi connectivity index (χ3v) is 6.54. The Labute approximate surface area is 236 Å². The van der Waals surface area contributed by atoms with Crippen molar-refractivity contribution in [2.75, 3.05) is 6.61 Å². The van der Waals surface area contributed by atoms with Gasteiger partial charge in [-0.3, -0.25) is 9.59 Å². The van der Waals surface area contributed by atoms with Crippen molar-refractivity contribution in [1.29, 1.82) is 0 Å². The molecule has 0 radical (unpaired) electrons. The summed E-state index contributed by atoms with van der Waals surface area (Å²) >= 11 is 0. The summed E-state index contributed by atoms with van der Waals surface area (Å²) in [4.78, 5) is 49.4. The number of carbonyl (C=O) groups is 4. The van der Waals surface area contributed by atoms with Crippen molar-refractivity contribution in [2.45, 2.75) is 105 Å². The normalized spacial score (nSPS) is 14.4. The molecule has 0 heterocycles. The van der Waals surface area contributed by atoms with Gasteiger partial charge in [-0.2, -0.15) is 0 Å². The summed E-state index contributed by atoms with van der Waals surface area (Å²) in [5.41, 5.74) is 4.02. The van der Waals surface area contributed by atoms with E-state index in [0.717, 1.165) is 0 Å². The van der Waals surface area contributed by atoms with Crippen LogP contribution < -0.4 is 15.2 Å². The van der Waals surface area contributed by atoms with Gasteiger partial charge in [-0.25, -0.2) is 9.59 Å². The summed E-state index contributed by atoms with van der Waals surface area (Å²) in [6.45, 7) is 17.2. The highest BCUT2D eigenvalue weighted by molar-refractivity contribution is 5.76. The van der Waals surface area contributed by atoms with E-state index in [0.29, 0.717) is 18.4 Å². The van der Waals surface area contributed by atoms with Crippen molar-refractivity contribution >= 4 is 24.2 Å². The number of benzene rings is 1. The second-order valence-corrected chi connectivity index (χ2v) is 12.1. The van der Waals surface area contributed by atoms with Crippen LogP contribution in [0.15, 0.2) is 18.2 Å². The molecule has 0 aliphatic heterocycles. The molecule has 0 saturated heterocycles. The Bertz CT molecular complexity index is 1060. The van der Waals surface area contributed by atoms with E-state index in [9.17, 15) is 24.3 Å².